The van der Waals surface area contributed by atoms with Gasteiger partial charge in [-0.1, -0.05) is 0 Å². The largest absolute Gasteiger partial charge is 0.504 e. The van der Waals surface area contributed by atoms with E-state index in [9.17, 15) is 30.3 Å². The van der Waals surface area contributed by atoms with Gasteiger partial charge < -0.3 is 43.8 Å². The molecule has 10 heteroatoms. The molecule has 1 saturated heterocycles. The van der Waals surface area contributed by atoms with Crippen LogP contribution < -0.4 is 10.4 Å². The summed E-state index contributed by atoms with van der Waals surface area (Å²) in [7, 11) is 0. The second-order valence-corrected chi connectivity index (χ2v) is 6.15. The smallest absolute Gasteiger partial charge is 0.336 e. The van der Waals surface area contributed by atoms with E-state index in [1.165, 1.54) is 18.4 Å². The van der Waals surface area contributed by atoms with Crippen LogP contribution in [0.1, 0.15) is 0 Å². The zero-order chi connectivity index (χ0) is 19.3. The topological polar surface area (TPSA) is 163 Å². The Morgan fingerprint density at radius 1 is 1.00 bits per heavy atom. The molecule has 5 N–H and O–H groups in total. The van der Waals surface area contributed by atoms with Crippen molar-refractivity contribution in [3.8, 4) is 11.5 Å². The fourth-order valence-corrected chi connectivity index (χ4v) is 3.09. The Morgan fingerprint density at radius 3 is 2.52 bits per heavy atom. The fraction of sp³-hybridized carbons (Fsp3) is 0.353. The number of hydrogen-bond donors (Lipinski definition) is 5. The van der Waals surface area contributed by atoms with Crippen LogP contribution in [0.25, 0.3) is 21.9 Å². The van der Waals surface area contributed by atoms with Gasteiger partial charge in [-0.15, -0.1) is 0 Å². The molecule has 2 aromatic heterocycles. The monoisotopic (exact) mass is 380 g/mol. The average Bonchev–Trinajstić information content (AvgIpc) is 3.14. The molecule has 0 radical (unpaired) electrons. The van der Waals surface area contributed by atoms with E-state index in [4.69, 9.17) is 18.3 Å². The van der Waals surface area contributed by atoms with E-state index in [2.05, 4.69) is 0 Å². The van der Waals surface area contributed by atoms with Gasteiger partial charge in [0.05, 0.1) is 23.6 Å². The maximum atomic E-state index is 11.5. The van der Waals surface area contributed by atoms with E-state index in [0.717, 1.165) is 6.07 Å². The number of benzene rings is 1. The minimum absolute atomic E-state index is 0.0150. The minimum Gasteiger partial charge on any atom is -0.504 e. The molecule has 0 bridgehead atoms. The number of aliphatic hydroxyl groups excluding tert-OH is 4. The Bertz CT molecular complexity index is 1040. The van der Waals surface area contributed by atoms with Gasteiger partial charge in [0.1, 0.15) is 24.4 Å². The van der Waals surface area contributed by atoms with Crippen molar-refractivity contribution in [3.05, 3.63) is 34.9 Å². The van der Waals surface area contributed by atoms with Crippen molar-refractivity contribution in [3.63, 3.8) is 0 Å². The van der Waals surface area contributed by atoms with Crippen LogP contribution in [0.2, 0.25) is 0 Å². The molecule has 0 aliphatic carbocycles. The molecule has 1 aliphatic rings. The van der Waals surface area contributed by atoms with Crippen LogP contribution in [0.5, 0.6) is 11.5 Å². The normalized spacial score (nSPS) is 28.7. The number of aliphatic hydroxyl groups is 4. The lowest BCUT2D eigenvalue weighted by Crippen LogP contribution is -2.60. The SMILES string of the molecule is O=c1ccc2c(O)c(O[C@@H]3O[C@H](CO)[C@@H](O)[C@H](O)[C@H]3O)c3ccoc3c2o1. The summed E-state index contributed by atoms with van der Waals surface area (Å²) in [6.07, 6.45) is -6.23. The average molecular weight is 380 g/mol. The van der Waals surface area contributed by atoms with E-state index >= 15 is 0 Å². The van der Waals surface area contributed by atoms with Crippen molar-refractivity contribution < 1.29 is 43.8 Å². The van der Waals surface area contributed by atoms with Crippen molar-refractivity contribution in [2.24, 2.45) is 0 Å². The van der Waals surface area contributed by atoms with Crippen molar-refractivity contribution >= 4 is 21.9 Å². The van der Waals surface area contributed by atoms with Crippen molar-refractivity contribution in [2.75, 3.05) is 6.61 Å². The molecule has 3 heterocycles. The molecule has 5 atom stereocenters. The molecule has 144 valence electrons. The number of phenolic OH excluding ortho intramolecular Hbond substituents is 1. The van der Waals surface area contributed by atoms with Crippen molar-refractivity contribution in [2.45, 2.75) is 30.7 Å². The maximum Gasteiger partial charge on any atom is 0.336 e. The van der Waals surface area contributed by atoms with Gasteiger partial charge in [0, 0.05) is 6.07 Å². The third kappa shape index (κ3) is 2.74. The molecule has 27 heavy (non-hydrogen) atoms. The van der Waals surface area contributed by atoms with Gasteiger partial charge >= 0.3 is 5.63 Å². The fourth-order valence-electron chi connectivity index (χ4n) is 3.09. The number of rotatable bonds is 3. The minimum atomic E-state index is -1.66. The predicted octanol–water partition coefficient (Wildman–Crippen LogP) is -0.577. The Morgan fingerprint density at radius 2 is 1.78 bits per heavy atom. The Kier molecular flexibility index (Phi) is 4.29. The molecule has 0 spiro atoms. The molecule has 1 aliphatic heterocycles. The van der Waals surface area contributed by atoms with Gasteiger partial charge in [-0.2, -0.15) is 0 Å². The van der Waals surface area contributed by atoms with Crippen molar-refractivity contribution in [1.29, 1.82) is 0 Å². The Hall–Kier alpha value is -2.63. The van der Waals surface area contributed by atoms with Crippen molar-refractivity contribution in [1.82, 2.24) is 0 Å². The van der Waals surface area contributed by atoms with Crippen LogP contribution in [0.4, 0.5) is 0 Å². The molecular formula is C17H16O10. The quantitative estimate of drug-likeness (QED) is 0.372. The van der Waals surface area contributed by atoms with Gasteiger partial charge in [0.2, 0.25) is 6.29 Å². The number of fused-ring (bicyclic) bond motifs is 3. The lowest BCUT2D eigenvalue weighted by molar-refractivity contribution is -0.277. The Labute approximate surface area is 150 Å². The lowest BCUT2D eigenvalue weighted by atomic mass is 9.99. The number of phenols is 1. The third-order valence-corrected chi connectivity index (χ3v) is 4.50. The van der Waals surface area contributed by atoms with Crippen LogP contribution in [0, 0.1) is 0 Å². The molecule has 1 aromatic carbocycles. The first-order valence-electron chi connectivity index (χ1n) is 8.05. The van der Waals surface area contributed by atoms with Crippen LogP contribution in [0.3, 0.4) is 0 Å². The maximum absolute atomic E-state index is 11.5. The zero-order valence-corrected chi connectivity index (χ0v) is 13.7. The molecule has 10 nitrogen and oxygen atoms in total. The van der Waals surface area contributed by atoms with E-state index in [0.29, 0.717) is 0 Å². The Balaban J connectivity index is 1.81. The summed E-state index contributed by atoms with van der Waals surface area (Å²) in [6.45, 7) is -0.624. The first-order chi connectivity index (χ1) is 12.9. The van der Waals surface area contributed by atoms with Crippen LogP contribution in [-0.4, -0.2) is 62.8 Å². The van der Waals surface area contributed by atoms with Crippen LogP contribution in [-0.2, 0) is 4.74 Å². The molecule has 1 fully saturated rings. The van der Waals surface area contributed by atoms with E-state index < -0.39 is 48.7 Å². The van der Waals surface area contributed by atoms with Gasteiger partial charge in [0.25, 0.3) is 0 Å². The van der Waals surface area contributed by atoms with E-state index in [1.54, 1.807) is 0 Å². The second-order valence-electron chi connectivity index (χ2n) is 6.15. The highest BCUT2D eigenvalue weighted by Crippen LogP contribution is 2.44. The highest BCUT2D eigenvalue weighted by Gasteiger charge is 2.45. The molecule has 3 aromatic rings. The summed E-state index contributed by atoms with van der Waals surface area (Å²) in [6, 6.07) is 3.87. The summed E-state index contributed by atoms with van der Waals surface area (Å²) in [5, 5.41) is 50.1. The predicted molar refractivity (Wildman–Crippen MR) is 88.3 cm³/mol. The van der Waals surface area contributed by atoms with Crippen LogP contribution in [0.15, 0.2) is 38.1 Å². The number of aromatic hydroxyl groups is 1. The third-order valence-electron chi connectivity index (χ3n) is 4.50. The van der Waals surface area contributed by atoms with Gasteiger partial charge in [-0.05, 0) is 12.1 Å². The summed E-state index contributed by atoms with van der Waals surface area (Å²) >= 11 is 0. The number of furan rings is 1. The highest BCUT2D eigenvalue weighted by atomic mass is 16.7. The summed E-state index contributed by atoms with van der Waals surface area (Å²) in [5.74, 6) is -0.552. The van der Waals surface area contributed by atoms with Gasteiger partial charge in [-0.25, -0.2) is 4.79 Å². The second kappa shape index (κ2) is 6.51. The molecule has 0 amide bonds. The first-order valence-corrected chi connectivity index (χ1v) is 8.05. The molecule has 4 rings (SSSR count). The zero-order valence-electron chi connectivity index (χ0n) is 13.7. The number of ether oxygens (including phenoxy) is 2. The summed E-state index contributed by atoms with van der Waals surface area (Å²) in [4.78, 5) is 11.5. The first kappa shape index (κ1) is 17.8. The number of hydrogen-bond acceptors (Lipinski definition) is 10. The van der Waals surface area contributed by atoms with E-state index in [-0.39, 0.29) is 27.7 Å². The van der Waals surface area contributed by atoms with Gasteiger partial charge in [-0.3, -0.25) is 0 Å². The molecule has 0 unspecified atom stereocenters. The van der Waals surface area contributed by atoms with Gasteiger partial charge in [0.15, 0.2) is 22.7 Å². The van der Waals surface area contributed by atoms with Crippen LogP contribution >= 0.6 is 0 Å². The molecule has 0 saturated carbocycles. The van der Waals surface area contributed by atoms with E-state index in [1.807, 2.05) is 0 Å². The molecular weight excluding hydrogens is 364 g/mol. The lowest BCUT2D eigenvalue weighted by Gasteiger charge is -2.39. The summed E-state index contributed by atoms with van der Waals surface area (Å²) in [5.41, 5.74) is -0.497. The summed E-state index contributed by atoms with van der Waals surface area (Å²) < 4.78 is 21.3. The highest BCUT2D eigenvalue weighted by molar-refractivity contribution is 6.07. The standard InChI is InChI=1S/C17H16O10/c18-5-8-11(21)12(22)13(23)17(25-8)27-14-7-3-4-24-15(7)16-6(10(14)20)1-2-9(19)26-16/h1-4,8,11-13,17-18,20-23H,5H2/t8-,11-,12+,13-,17+/m1/s1.